The van der Waals surface area contributed by atoms with E-state index in [0.29, 0.717) is 43.1 Å². The third-order valence-electron chi connectivity index (χ3n) is 6.84. The lowest BCUT2D eigenvalue weighted by Gasteiger charge is -2.35. The SMILES string of the molecule is CCOC(=O)N1CCc2c([nH]c3ccc(Cl)cc23)C1c1ccc(C(=O)N(C)CCc2ccccn2)cc1. The normalized spacial score (nSPS) is 14.9. The van der Waals surface area contributed by atoms with Gasteiger partial charge in [0, 0.05) is 65.6 Å². The summed E-state index contributed by atoms with van der Waals surface area (Å²) in [5.41, 5.74) is 5.52. The van der Waals surface area contributed by atoms with Gasteiger partial charge in [-0.25, -0.2) is 4.79 Å². The van der Waals surface area contributed by atoms with E-state index in [1.54, 1.807) is 30.0 Å². The Morgan fingerprint density at radius 2 is 1.97 bits per heavy atom. The second kappa shape index (κ2) is 10.6. The molecule has 1 N–H and O–H groups in total. The van der Waals surface area contributed by atoms with Crippen LogP contribution in [0.25, 0.3) is 10.9 Å². The van der Waals surface area contributed by atoms with Crippen molar-refractivity contribution in [3.63, 3.8) is 0 Å². The maximum Gasteiger partial charge on any atom is 0.410 e. The first-order chi connectivity index (χ1) is 18.0. The first-order valence-corrected chi connectivity index (χ1v) is 12.8. The lowest BCUT2D eigenvalue weighted by Crippen LogP contribution is -2.41. The number of carbonyl (C=O) groups excluding carboxylic acids is 2. The van der Waals surface area contributed by atoms with Crippen molar-refractivity contribution < 1.29 is 14.3 Å². The number of benzene rings is 2. The van der Waals surface area contributed by atoms with E-state index in [2.05, 4.69) is 9.97 Å². The number of hydrogen-bond donors (Lipinski definition) is 1. The zero-order valence-electron chi connectivity index (χ0n) is 20.9. The van der Waals surface area contributed by atoms with Gasteiger partial charge in [0.25, 0.3) is 5.91 Å². The lowest BCUT2D eigenvalue weighted by molar-refractivity contribution is 0.0795. The van der Waals surface area contributed by atoms with Gasteiger partial charge in [-0.2, -0.15) is 0 Å². The number of fused-ring (bicyclic) bond motifs is 3. The van der Waals surface area contributed by atoms with Crippen molar-refractivity contribution in [1.29, 1.82) is 0 Å². The summed E-state index contributed by atoms with van der Waals surface area (Å²) >= 11 is 6.28. The highest BCUT2D eigenvalue weighted by Gasteiger charge is 2.35. The molecular weight excluding hydrogens is 488 g/mol. The predicted molar refractivity (Wildman–Crippen MR) is 144 cm³/mol. The molecule has 0 saturated heterocycles. The molecular formula is C29H29ClN4O3. The molecule has 2 aromatic carbocycles. The largest absolute Gasteiger partial charge is 0.450 e. The van der Waals surface area contributed by atoms with Crippen LogP contribution in [-0.4, -0.2) is 58.5 Å². The Labute approximate surface area is 221 Å². The van der Waals surface area contributed by atoms with E-state index in [1.807, 2.05) is 60.7 Å². The van der Waals surface area contributed by atoms with Gasteiger partial charge < -0.3 is 14.6 Å². The van der Waals surface area contributed by atoms with E-state index in [-0.39, 0.29) is 18.0 Å². The molecule has 2 aromatic heterocycles. The first kappa shape index (κ1) is 24.8. The number of hydrogen-bond acceptors (Lipinski definition) is 4. The Morgan fingerprint density at radius 1 is 1.16 bits per heavy atom. The Morgan fingerprint density at radius 3 is 2.70 bits per heavy atom. The summed E-state index contributed by atoms with van der Waals surface area (Å²) in [5, 5.41) is 1.74. The summed E-state index contributed by atoms with van der Waals surface area (Å²) < 4.78 is 5.38. The molecule has 0 bridgehead atoms. The van der Waals surface area contributed by atoms with E-state index in [1.165, 1.54) is 0 Å². The van der Waals surface area contributed by atoms with Gasteiger partial charge in [0.1, 0.15) is 6.04 Å². The standard InChI is InChI=1S/C29H29ClN4O3/c1-3-37-29(36)34-17-14-23-24-18-21(30)11-12-25(24)32-26(23)27(34)19-7-9-20(10-8-19)28(35)33(2)16-13-22-6-4-5-15-31-22/h4-12,15,18,27,32H,3,13-14,16-17H2,1-2H3. The molecule has 8 heteroatoms. The average Bonchev–Trinajstić information content (AvgIpc) is 3.29. The van der Waals surface area contributed by atoms with E-state index < -0.39 is 0 Å². The van der Waals surface area contributed by atoms with Crippen molar-refractivity contribution in [2.45, 2.75) is 25.8 Å². The number of rotatable bonds is 6. The number of pyridine rings is 1. The quantitative estimate of drug-likeness (QED) is 0.360. The number of H-pyrrole nitrogens is 1. The monoisotopic (exact) mass is 516 g/mol. The first-order valence-electron chi connectivity index (χ1n) is 12.4. The molecule has 5 rings (SSSR count). The second-order valence-electron chi connectivity index (χ2n) is 9.17. The summed E-state index contributed by atoms with van der Waals surface area (Å²) in [7, 11) is 1.80. The second-order valence-corrected chi connectivity index (χ2v) is 9.61. The minimum atomic E-state index is -0.361. The Kier molecular flexibility index (Phi) is 7.15. The maximum atomic E-state index is 13.1. The number of likely N-dealkylation sites (N-methyl/N-ethyl adjacent to an activating group) is 1. The summed E-state index contributed by atoms with van der Waals surface area (Å²) in [6.45, 7) is 3.19. The molecule has 0 radical (unpaired) electrons. The highest BCUT2D eigenvalue weighted by atomic mass is 35.5. The molecule has 1 aliphatic rings. The van der Waals surface area contributed by atoms with Gasteiger partial charge >= 0.3 is 6.09 Å². The Balaban J connectivity index is 1.42. The summed E-state index contributed by atoms with van der Waals surface area (Å²) in [6, 6.07) is 18.7. The Bertz CT molecular complexity index is 1420. The van der Waals surface area contributed by atoms with Crippen LogP contribution in [0, 0.1) is 0 Å². The molecule has 37 heavy (non-hydrogen) atoms. The molecule has 2 amide bonds. The van der Waals surface area contributed by atoms with Crippen LogP contribution < -0.4 is 0 Å². The fourth-order valence-corrected chi connectivity index (χ4v) is 5.14. The van der Waals surface area contributed by atoms with E-state index in [0.717, 1.165) is 33.4 Å². The number of amides is 2. The van der Waals surface area contributed by atoms with Crippen LogP contribution in [0.3, 0.4) is 0 Å². The van der Waals surface area contributed by atoms with Gasteiger partial charge in [-0.1, -0.05) is 29.8 Å². The zero-order chi connectivity index (χ0) is 25.9. The van der Waals surface area contributed by atoms with Crippen molar-refractivity contribution >= 4 is 34.5 Å². The highest BCUT2D eigenvalue weighted by molar-refractivity contribution is 6.31. The molecule has 0 aliphatic carbocycles. The van der Waals surface area contributed by atoms with Gasteiger partial charge in [-0.15, -0.1) is 0 Å². The number of nitrogens with zero attached hydrogens (tertiary/aromatic N) is 3. The van der Waals surface area contributed by atoms with Crippen molar-refractivity contribution in [3.8, 4) is 0 Å². The van der Waals surface area contributed by atoms with Crippen molar-refractivity contribution in [2.24, 2.45) is 0 Å². The van der Waals surface area contributed by atoms with Crippen LogP contribution in [0.5, 0.6) is 0 Å². The highest BCUT2D eigenvalue weighted by Crippen LogP contribution is 2.39. The average molecular weight is 517 g/mol. The van der Waals surface area contributed by atoms with Crippen LogP contribution in [-0.2, 0) is 17.6 Å². The van der Waals surface area contributed by atoms with Gasteiger partial charge in [0.15, 0.2) is 0 Å². The van der Waals surface area contributed by atoms with Crippen LogP contribution in [0.15, 0.2) is 66.9 Å². The summed E-state index contributed by atoms with van der Waals surface area (Å²) in [4.78, 5) is 37.3. The minimum Gasteiger partial charge on any atom is -0.450 e. The van der Waals surface area contributed by atoms with Gasteiger partial charge in [0.2, 0.25) is 0 Å². The zero-order valence-corrected chi connectivity index (χ0v) is 21.7. The molecule has 190 valence electrons. The topological polar surface area (TPSA) is 78.5 Å². The predicted octanol–water partition coefficient (Wildman–Crippen LogP) is 5.64. The number of aromatic amines is 1. The smallest absolute Gasteiger partial charge is 0.410 e. The molecule has 0 saturated carbocycles. The van der Waals surface area contributed by atoms with Crippen molar-refractivity contribution in [2.75, 3.05) is 26.7 Å². The van der Waals surface area contributed by atoms with Gasteiger partial charge in [0.05, 0.1) is 6.61 Å². The molecule has 1 aliphatic heterocycles. The van der Waals surface area contributed by atoms with Crippen molar-refractivity contribution in [3.05, 3.63) is 100.0 Å². The number of aromatic nitrogens is 2. The van der Waals surface area contributed by atoms with Crippen LogP contribution in [0.1, 0.15) is 45.8 Å². The molecule has 4 aromatic rings. The molecule has 7 nitrogen and oxygen atoms in total. The molecule has 0 spiro atoms. The fraction of sp³-hybridized carbons (Fsp3) is 0.276. The van der Waals surface area contributed by atoms with E-state index in [9.17, 15) is 9.59 Å². The third-order valence-corrected chi connectivity index (χ3v) is 7.08. The summed E-state index contributed by atoms with van der Waals surface area (Å²) in [6.07, 6.45) is 2.78. The fourth-order valence-electron chi connectivity index (χ4n) is 4.97. The minimum absolute atomic E-state index is 0.0608. The Hall–Kier alpha value is -3.84. The van der Waals surface area contributed by atoms with Crippen LogP contribution in [0.2, 0.25) is 5.02 Å². The van der Waals surface area contributed by atoms with Crippen LogP contribution >= 0.6 is 11.6 Å². The molecule has 1 atom stereocenters. The molecule has 1 unspecified atom stereocenters. The van der Waals surface area contributed by atoms with E-state index >= 15 is 0 Å². The number of nitrogens with one attached hydrogen (secondary N) is 1. The summed E-state index contributed by atoms with van der Waals surface area (Å²) in [5.74, 6) is -0.0608. The van der Waals surface area contributed by atoms with E-state index in [4.69, 9.17) is 16.3 Å². The molecule has 0 fully saturated rings. The van der Waals surface area contributed by atoms with Crippen LogP contribution in [0.4, 0.5) is 4.79 Å². The van der Waals surface area contributed by atoms with Crippen molar-refractivity contribution in [1.82, 2.24) is 19.8 Å². The van der Waals surface area contributed by atoms with Gasteiger partial charge in [-0.3, -0.25) is 14.7 Å². The number of ether oxygens (including phenoxy) is 1. The number of halogens is 1. The molecule has 3 heterocycles. The lowest BCUT2D eigenvalue weighted by atomic mass is 9.92. The van der Waals surface area contributed by atoms with Gasteiger partial charge in [-0.05, 0) is 66.9 Å². The number of carbonyl (C=O) groups is 2. The third kappa shape index (κ3) is 5.04. The maximum absolute atomic E-state index is 13.1.